The fourth-order valence-electron chi connectivity index (χ4n) is 4.51. The van der Waals surface area contributed by atoms with Gasteiger partial charge in [-0.2, -0.15) is 0 Å². The van der Waals surface area contributed by atoms with Crippen molar-refractivity contribution in [2.24, 2.45) is 0 Å². The number of ether oxygens (including phenoxy) is 5. The Labute approximate surface area is 248 Å². The summed E-state index contributed by atoms with van der Waals surface area (Å²) in [4.78, 5) is 38.5. The van der Waals surface area contributed by atoms with Gasteiger partial charge in [-0.15, -0.1) is 0 Å². The molecule has 1 aromatic heterocycles. The third-order valence-corrected chi connectivity index (χ3v) is 6.62. The number of phenols is 2. The number of hydrogen-bond acceptors (Lipinski definition) is 12. The Morgan fingerprint density at radius 2 is 1.65 bits per heavy atom. The number of carbonyl (C=O) groups excluding carboxylic acids is 2. The van der Waals surface area contributed by atoms with Crippen LogP contribution in [0.15, 0.2) is 39.5 Å². The lowest BCUT2D eigenvalue weighted by Crippen LogP contribution is -2.17. The summed E-state index contributed by atoms with van der Waals surface area (Å²) in [5, 5.41) is 31.6. The number of unbranched alkanes of at least 4 members (excludes halogenated alkanes) is 3. The average Bonchev–Trinajstić information content (AvgIpc) is 2.98. The Balaban J connectivity index is 2.10. The molecule has 232 valence electrons. The molecule has 1 atom stereocenters. The molecule has 0 radical (unpaired) electrons. The van der Waals surface area contributed by atoms with Crippen LogP contribution in [0.2, 0.25) is 0 Å². The minimum absolute atomic E-state index is 0.0656. The number of aliphatic hydroxyl groups is 1. The molecule has 0 aliphatic heterocycles. The quantitative estimate of drug-likeness (QED) is 0.161. The van der Waals surface area contributed by atoms with E-state index >= 15 is 0 Å². The maximum Gasteiger partial charge on any atom is 0.346 e. The molecule has 3 aromatic rings. The van der Waals surface area contributed by atoms with E-state index in [-0.39, 0.29) is 46.3 Å². The van der Waals surface area contributed by atoms with Gasteiger partial charge in [-0.1, -0.05) is 26.2 Å². The van der Waals surface area contributed by atoms with Gasteiger partial charge in [0.1, 0.15) is 34.1 Å². The standard InChI is InChI=1S/C31H36O12/c1-6-7-8-9-10-23(29-20(16-32)24(39-4)15-26(35)43-29)42-31(37)27-21(33)11-17(2)12-25(27)41-28-19(30(36)40-5)13-18(38-3)14-22(28)34/h11-15,23,32-34H,6-10,16H2,1-5H3. The van der Waals surface area contributed by atoms with Crippen LogP contribution in [0.4, 0.5) is 0 Å². The number of rotatable bonds is 14. The van der Waals surface area contributed by atoms with Gasteiger partial charge in [-0.3, -0.25) is 0 Å². The number of phenolic OH excluding ortho intramolecular Hbond substituents is 2. The molecule has 1 unspecified atom stereocenters. The first-order valence-electron chi connectivity index (χ1n) is 13.6. The van der Waals surface area contributed by atoms with Crippen LogP contribution in [-0.2, 0) is 16.1 Å². The van der Waals surface area contributed by atoms with Crippen molar-refractivity contribution >= 4 is 11.9 Å². The molecule has 0 saturated heterocycles. The lowest BCUT2D eigenvalue weighted by Gasteiger charge is -2.21. The summed E-state index contributed by atoms with van der Waals surface area (Å²) in [6.45, 7) is 3.10. The fraction of sp³-hybridized carbons (Fsp3) is 0.387. The van der Waals surface area contributed by atoms with E-state index in [0.717, 1.165) is 32.4 Å². The van der Waals surface area contributed by atoms with Gasteiger partial charge in [-0.25, -0.2) is 14.4 Å². The molecule has 0 saturated carbocycles. The molecule has 0 spiro atoms. The smallest absolute Gasteiger partial charge is 0.346 e. The van der Waals surface area contributed by atoms with Crippen LogP contribution < -0.4 is 19.8 Å². The van der Waals surface area contributed by atoms with Crippen LogP contribution in [0.1, 0.15) is 82.7 Å². The zero-order valence-corrected chi connectivity index (χ0v) is 24.7. The van der Waals surface area contributed by atoms with E-state index in [1.165, 1.54) is 38.5 Å². The minimum atomic E-state index is -1.15. The van der Waals surface area contributed by atoms with Crippen molar-refractivity contribution in [3.05, 3.63) is 68.8 Å². The second kappa shape index (κ2) is 15.0. The highest BCUT2D eigenvalue weighted by atomic mass is 16.6. The van der Waals surface area contributed by atoms with E-state index in [1.54, 1.807) is 6.92 Å². The summed E-state index contributed by atoms with van der Waals surface area (Å²) in [5.74, 6) is -3.41. The third-order valence-electron chi connectivity index (χ3n) is 6.62. The number of aromatic hydroxyl groups is 2. The van der Waals surface area contributed by atoms with Gasteiger partial charge >= 0.3 is 17.6 Å². The van der Waals surface area contributed by atoms with Crippen LogP contribution >= 0.6 is 0 Å². The van der Waals surface area contributed by atoms with Crippen molar-refractivity contribution in [3.63, 3.8) is 0 Å². The molecule has 12 nitrogen and oxygen atoms in total. The van der Waals surface area contributed by atoms with E-state index in [4.69, 9.17) is 28.1 Å². The summed E-state index contributed by atoms with van der Waals surface area (Å²) in [7, 11) is 3.81. The summed E-state index contributed by atoms with van der Waals surface area (Å²) in [6.07, 6.45) is 2.32. The normalized spacial score (nSPS) is 11.5. The molecular weight excluding hydrogens is 564 g/mol. The van der Waals surface area contributed by atoms with E-state index in [9.17, 15) is 29.7 Å². The second-order valence-electron chi connectivity index (χ2n) is 9.65. The molecule has 0 aliphatic carbocycles. The largest absolute Gasteiger partial charge is 0.507 e. The van der Waals surface area contributed by atoms with Gasteiger partial charge in [0, 0.05) is 6.07 Å². The first-order valence-corrected chi connectivity index (χ1v) is 13.6. The number of benzene rings is 2. The summed E-state index contributed by atoms with van der Waals surface area (Å²) in [5.41, 5.74) is -0.795. The van der Waals surface area contributed by atoms with Gasteiger partial charge in [0.25, 0.3) is 0 Å². The Kier molecular flexibility index (Phi) is 11.4. The Morgan fingerprint density at radius 3 is 2.28 bits per heavy atom. The summed E-state index contributed by atoms with van der Waals surface area (Å²) in [6, 6.07) is 6.26. The topological polar surface area (TPSA) is 171 Å². The molecule has 43 heavy (non-hydrogen) atoms. The van der Waals surface area contributed by atoms with Crippen LogP contribution in [0.5, 0.6) is 34.5 Å². The maximum absolute atomic E-state index is 13.7. The highest BCUT2D eigenvalue weighted by Crippen LogP contribution is 2.42. The van der Waals surface area contributed by atoms with Gasteiger partial charge < -0.3 is 43.4 Å². The lowest BCUT2D eigenvalue weighted by molar-refractivity contribution is 0.0190. The molecule has 3 N–H and O–H groups in total. The van der Waals surface area contributed by atoms with E-state index in [0.29, 0.717) is 12.0 Å². The van der Waals surface area contributed by atoms with E-state index in [2.05, 4.69) is 0 Å². The first-order chi connectivity index (χ1) is 20.6. The van der Waals surface area contributed by atoms with Crippen molar-refractivity contribution < 1.29 is 53.0 Å². The van der Waals surface area contributed by atoms with Crippen molar-refractivity contribution in [1.29, 1.82) is 0 Å². The zero-order valence-electron chi connectivity index (χ0n) is 24.7. The summed E-state index contributed by atoms with van der Waals surface area (Å²) >= 11 is 0. The maximum atomic E-state index is 13.7. The molecular formula is C31H36O12. The SMILES string of the molecule is CCCCCCC(OC(=O)c1c(O)cc(C)cc1Oc1c(O)cc(OC)cc1C(=O)OC)c1oc(=O)cc(OC)c1CO. The molecule has 0 aliphatic rings. The van der Waals surface area contributed by atoms with Gasteiger partial charge in [-0.05, 0) is 43.5 Å². The highest BCUT2D eigenvalue weighted by molar-refractivity contribution is 5.97. The minimum Gasteiger partial charge on any atom is -0.507 e. The number of carbonyl (C=O) groups is 2. The van der Waals surface area contributed by atoms with E-state index < -0.39 is 47.3 Å². The monoisotopic (exact) mass is 600 g/mol. The second-order valence-corrected chi connectivity index (χ2v) is 9.65. The highest BCUT2D eigenvalue weighted by Gasteiger charge is 2.30. The molecule has 1 heterocycles. The molecule has 0 bridgehead atoms. The first kappa shape index (κ1) is 32.8. The van der Waals surface area contributed by atoms with Crippen LogP contribution in [-0.4, -0.2) is 48.6 Å². The van der Waals surface area contributed by atoms with Crippen molar-refractivity contribution in [3.8, 4) is 34.5 Å². The zero-order chi connectivity index (χ0) is 31.7. The van der Waals surface area contributed by atoms with Crippen molar-refractivity contribution in [1.82, 2.24) is 0 Å². The fourth-order valence-corrected chi connectivity index (χ4v) is 4.51. The predicted molar refractivity (Wildman–Crippen MR) is 153 cm³/mol. The number of aryl methyl sites for hydroxylation is 1. The molecule has 3 rings (SSSR count). The van der Waals surface area contributed by atoms with Gasteiger partial charge in [0.2, 0.25) is 0 Å². The van der Waals surface area contributed by atoms with Crippen molar-refractivity contribution in [2.45, 2.75) is 58.7 Å². The van der Waals surface area contributed by atoms with E-state index in [1.807, 2.05) is 6.92 Å². The Hall–Kier alpha value is -4.71. The van der Waals surface area contributed by atoms with Gasteiger partial charge in [0.05, 0.1) is 39.6 Å². The Bertz CT molecular complexity index is 1510. The molecule has 0 amide bonds. The lowest BCUT2D eigenvalue weighted by atomic mass is 10.0. The Morgan fingerprint density at radius 1 is 0.907 bits per heavy atom. The predicted octanol–water partition coefficient (Wildman–Crippen LogP) is 5.32. The number of aliphatic hydroxyl groups excluding tert-OH is 1. The van der Waals surface area contributed by atoms with Crippen LogP contribution in [0, 0.1) is 6.92 Å². The number of hydrogen-bond donors (Lipinski definition) is 3. The average molecular weight is 601 g/mol. The molecule has 2 aromatic carbocycles. The van der Waals surface area contributed by atoms with Crippen LogP contribution in [0.25, 0.3) is 0 Å². The van der Waals surface area contributed by atoms with Crippen LogP contribution in [0.3, 0.4) is 0 Å². The number of esters is 2. The summed E-state index contributed by atoms with van der Waals surface area (Å²) < 4.78 is 32.3. The van der Waals surface area contributed by atoms with Crippen molar-refractivity contribution in [2.75, 3.05) is 21.3 Å². The number of methoxy groups -OCH3 is 3. The third kappa shape index (κ3) is 7.77. The molecule has 12 heteroatoms. The molecule has 0 fully saturated rings. The van der Waals surface area contributed by atoms with Gasteiger partial charge in [0.15, 0.2) is 23.4 Å².